The topological polar surface area (TPSA) is 24.9 Å². The molecule has 0 unspecified atom stereocenters. The van der Waals surface area contributed by atoms with Crippen molar-refractivity contribution >= 4 is 7.12 Å². The SMILES string of the molecule is CB(OC1CCN(C)CC1)OC1CCN(C)CC1. The molecule has 18 heavy (non-hydrogen) atoms. The standard InChI is InChI=1S/C13H27BN2O2/c1-14(17-12-4-8-15(2)9-5-12)18-13-6-10-16(3)11-7-13/h12-13H,4-11H2,1-3H3. The molecule has 2 fully saturated rings. The zero-order valence-corrected chi connectivity index (χ0v) is 12.1. The van der Waals surface area contributed by atoms with E-state index in [1.807, 2.05) is 0 Å². The lowest BCUT2D eigenvalue weighted by Crippen LogP contribution is -2.40. The molecule has 2 saturated heterocycles. The molecule has 0 bridgehead atoms. The summed E-state index contributed by atoms with van der Waals surface area (Å²) in [5.41, 5.74) is 0. The maximum atomic E-state index is 6.01. The summed E-state index contributed by atoms with van der Waals surface area (Å²) in [6.45, 7) is 6.63. The fourth-order valence-electron chi connectivity index (χ4n) is 2.82. The highest BCUT2D eigenvalue weighted by Crippen LogP contribution is 2.17. The number of rotatable bonds is 4. The summed E-state index contributed by atoms with van der Waals surface area (Å²) in [4.78, 5) is 4.73. The van der Waals surface area contributed by atoms with Crippen molar-refractivity contribution in [2.24, 2.45) is 0 Å². The van der Waals surface area contributed by atoms with E-state index < -0.39 is 0 Å². The third-order valence-corrected chi connectivity index (χ3v) is 4.10. The number of piperidine rings is 2. The van der Waals surface area contributed by atoms with E-state index >= 15 is 0 Å². The third-order valence-electron chi connectivity index (χ3n) is 4.10. The van der Waals surface area contributed by atoms with Crippen LogP contribution in [0.15, 0.2) is 0 Å². The van der Waals surface area contributed by atoms with Crippen LogP contribution in [0.5, 0.6) is 0 Å². The average Bonchev–Trinajstić information content (AvgIpc) is 2.35. The molecule has 5 heteroatoms. The van der Waals surface area contributed by atoms with Crippen molar-refractivity contribution in [3.05, 3.63) is 0 Å². The quantitative estimate of drug-likeness (QED) is 0.706. The van der Waals surface area contributed by atoms with E-state index in [9.17, 15) is 0 Å². The van der Waals surface area contributed by atoms with Gasteiger partial charge in [-0.3, -0.25) is 0 Å². The molecule has 2 aliphatic rings. The Labute approximate surface area is 112 Å². The molecule has 0 amide bonds. The summed E-state index contributed by atoms with van der Waals surface area (Å²) in [6, 6.07) is 0. The molecule has 0 spiro atoms. The largest absolute Gasteiger partial charge is 0.453 e. The van der Waals surface area contributed by atoms with Crippen LogP contribution in [-0.4, -0.2) is 69.4 Å². The van der Waals surface area contributed by atoms with Crippen LogP contribution in [0.3, 0.4) is 0 Å². The molecule has 0 atom stereocenters. The summed E-state index contributed by atoms with van der Waals surface area (Å²) < 4.78 is 12.0. The van der Waals surface area contributed by atoms with Crippen LogP contribution in [-0.2, 0) is 9.31 Å². The molecular formula is C13H27BN2O2. The van der Waals surface area contributed by atoms with Gasteiger partial charge in [0.15, 0.2) is 0 Å². The van der Waals surface area contributed by atoms with E-state index in [2.05, 4.69) is 30.7 Å². The van der Waals surface area contributed by atoms with E-state index in [1.54, 1.807) is 0 Å². The molecule has 0 aromatic rings. The minimum Gasteiger partial charge on any atom is -0.408 e. The maximum Gasteiger partial charge on any atom is 0.453 e. The molecule has 0 radical (unpaired) electrons. The van der Waals surface area contributed by atoms with Crippen molar-refractivity contribution in [1.29, 1.82) is 0 Å². The minimum absolute atomic E-state index is 0.0492. The molecule has 2 heterocycles. The molecule has 0 saturated carbocycles. The van der Waals surface area contributed by atoms with E-state index in [-0.39, 0.29) is 7.12 Å². The van der Waals surface area contributed by atoms with Crippen molar-refractivity contribution in [3.8, 4) is 0 Å². The Morgan fingerprint density at radius 3 is 1.44 bits per heavy atom. The van der Waals surface area contributed by atoms with Crippen LogP contribution in [0.4, 0.5) is 0 Å². The fraction of sp³-hybridized carbons (Fsp3) is 1.00. The second kappa shape index (κ2) is 6.89. The van der Waals surface area contributed by atoms with Gasteiger partial charge in [0, 0.05) is 38.4 Å². The first-order valence-corrected chi connectivity index (χ1v) is 7.31. The second-order valence-electron chi connectivity index (χ2n) is 5.85. The van der Waals surface area contributed by atoms with Gasteiger partial charge in [-0.1, -0.05) is 0 Å². The van der Waals surface area contributed by atoms with Gasteiger partial charge in [-0.2, -0.15) is 0 Å². The summed E-state index contributed by atoms with van der Waals surface area (Å²) in [6.07, 6.45) is 5.33. The van der Waals surface area contributed by atoms with Gasteiger partial charge in [0.2, 0.25) is 0 Å². The Hall–Kier alpha value is -0.0951. The highest BCUT2D eigenvalue weighted by atomic mass is 16.6. The average molecular weight is 254 g/mol. The lowest BCUT2D eigenvalue weighted by molar-refractivity contribution is 0.0462. The predicted molar refractivity (Wildman–Crippen MR) is 74.8 cm³/mol. The van der Waals surface area contributed by atoms with Gasteiger partial charge in [-0.15, -0.1) is 0 Å². The van der Waals surface area contributed by atoms with Gasteiger partial charge in [0.1, 0.15) is 0 Å². The monoisotopic (exact) mass is 254 g/mol. The van der Waals surface area contributed by atoms with Crippen molar-refractivity contribution in [2.45, 2.75) is 44.7 Å². The van der Waals surface area contributed by atoms with Crippen LogP contribution < -0.4 is 0 Å². The minimum atomic E-state index is -0.0492. The van der Waals surface area contributed by atoms with Crippen molar-refractivity contribution in [2.75, 3.05) is 40.3 Å². The van der Waals surface area contributed by atoms with Crippen LogP contribution in [0.2, 0.25) is 6.82 Å². The first-order valence-electron chi connectivity index (χ1n) is 7.31. The first kappa shape index (κ1) is 14.3. The van der Waals surface area contributed by atoms with Crippen LogP contribution in [0.1, 0.15) is 25.7 Å². The van der Waals surface area contributed by atoms with Crippen molar-refractivity contribution < 1.29 is 9.31 Å². The summed E-state index contributed by atoms with van der Waals surface area (Å²) in [5.74, 6) is 0. The Kier molecular flexibility index (Phi) is 5.48. The van der Waals surface area contributed by atoms with E-state index in [4.69, 9.17) is 9.31 Å². The van der Waals surface area contributed by atoms with E-state index in [0.717, 1.165) is 51.9 Å². The highest BCUT2D eigenvalue weighted by Gasteiger charge is 2.26. The molecule has 104 valence electrons. The Morgan fingerprint density at radius 1 is 0.778 bits per heavy atom. The van der Waals surface area contributed by atoms with Gasteiger partial charge in [0.25, 0.3) is 0 Å². The Morgan fingerprint density at radius 2 is 1.11 bits per heavy atom. The third kappa shape index (κ3) is 4.54. The molecule has 0 N–H and O–H groups in total. The second-order valence-corrected chi connectivity index (χ2v) is 5.85. The van der Waals surface area contributed by atoms with Gasteiger partial charge in [-0.05, 0) is 46.6 Å². The zero-order chi connectivity index (χ0) is 13.0. The maximum absolute atomic E-state index is 6.01. The predicted octanol–water partition coefficient (Wildman–Crippen LogP) is 1.33. The molecule has 0 aliphatic carbocycles. The molecule has 2 rings (SSSR count). The van der Waals surface area contributed by atoms with Gasteiger partial charge in [0.05, 0.1) is 0 Å². The molecule has 2 aliphatic heterocycles. The van der Waals surface area contributed by atoms with Crippen LogP contribution >= 0.6 is 0 Å². The first-order chi connectivity index (χ1) is 8.63. The van der Waals surface area contributed by atoms with Crippen molar-refractivity contribution in [3.63, 3.8) is 0 Å². The number of nitrogens with zero attached hydrogens (tertiary/aromatic N) is 2. The fourth-order valence-corrected chi connectivity index (χ4v) is 2.82. The van der Waals surface area contributed by atoms with Gasteiger partial charge < -0.3 is 19.1 Å². The smallest absolute Gasteiger partial charge is 0.408 e. The van der Waals surface area contributed by atoms with Crippen LogP contribution in [0, 0.1) is 0 Å². The van der Waals surface area contributed by atoms with E-state index in [1.165, 1.54) is 0 Å². The summed E-state index contributed by atoms with van der Waals surface area (Å²) in [7, 11) is 4.30. The Balaban J connectivity index is 1.64. The Bertz CT molecular complexity index is 215. The zero-order valence-electron chi connectivity index (χ0n) is 12.1. The van der Waals surface area contributed by atoms with Crippen LogP contribution in [0.25, 0.3) is 0 Å². The van der Waals surface area contributed by atoms with Gasteiger partial charge >= 0.3 is 7.12 Å². The molecule has 0 aromatic heterocycles. The molecule has 0 aromatic carbocycles. The lowest BCUT2D eigenvalue weighted by Gasteiger charge is -2.33. The number of likely N-dealkylation sites (tertiary alicyclic amines) is 2. The molecule has 4 nitrogen and oxygen atoms in total. The number of hydrogen-bond acceptors (Lipinski definition) is 4. The van der Waals surface area contributed by atoms with Crippen molar-refractivity contribution in [1.82, 2.24) is 9.80 Å². The summed E-state index contributed by atoms with van der Waals surface area (Å²) >= 11 is 0. The molecular weight excluding hydrogens is 227 g/mol. The summed E-state index contributed by atoms with van der Waals surface area (Å²) in [5, 5.41) is 0. The lowest BCUT2D eigenvalue weighted by atomic mass is 9.91. The number of hydrogen-bond donors (Lipinski definition) is 0. The van der Waals surface area contributed by atoms with Gasteiger partial charge in [-0.25, -0.2) is 0 Å². The normalized spacial score (nSPS) is 25.5. The van der Waals surface area contributed by atoms with E-state index in [0.29, 0.717) is 12.2 Å². The highest BCUT2D eigenvalue weighted by molar-refractivity contribution is 6.42.